The minimum absolute atomic E-state index is 0.163. The lowest BCUT2D eigenvalue weighted by molar-refractivity contribution is 0.463. The van der Waals surface area contributed by atoms with Gasteiger partial charge in [-0.05, 0) is 57.0 Å². The molecule has 1 aromatic carbocycles. The van der Waals surface area contributed by atoms with Crippen molar-refractivity contribution in [3.8, 4) is 0 Å². The van der Waals surface area contributed by atoms with Gasteiger partial charge in [0.05, 0.1) is 0 Å². The van der Waals surface area contributed by atoms with Gasteiger partial charge in [-0.1, -0.05) is 31.5 Å². The van der Waals surface area contributed by atoms with Crippen LogP contribution in [0.2, 0.25) is 0 Å². The molecule has 0 aliphatic rings. The fourth-order valence-electron chi connectivity index (χ4n) is 2.96. The Bertz CT molecular complexity index is 371. The third-order valence-corrected chi connectivity index (χ3v) is 3.48. The van der Waals surface area contributed by atoms with Crippen molar-refractivity contribution in [3.63, 3.8) is 0 Å². The van der Waals surface area contributed by atoms with Crippen LogP contribution in [0.3, 0.4) is 0 Å². The lowest BCUT2D eigenvalue weighted by Crippen LogP contribution is -2.35. The van der Waals surface area contributed by atoms with E-state index in [1.54, 1.807) is 0 Å². The Morgan fingerprint density at radius 1 is 1.11 bits per heavy atom. The van der Waals surface area contributed by atoms with E-state index >= 15 is 0 Å². The minimum Gasteiger partial charge on any atom is -0.330 e. The topological polar surface area (TPSA) is 38.0 Å². The van der Waals surface area contributed by atoms with Gasteiger partial charge in [0, 0.05) is 12.0 Å². The maximum atomic E-state index is 5.51. The Hall–Kier alpha value is -0.860. The fourth-order valence-corrected chi connectivity index (χ4v) is 2.96. The summed E-state index contributed by atoms with van der Waals surface area (Å²) in [5.74, 6) is 0. The van der Waals surface area contributed by atoms with E-state index in [2.05, 4.69) is 52.1 Å². The first-order chi connectivity index (χ1) is 8.38. The van der Waals surface area contributed by atoms with Crippen LogP contribution >= 0.6 is 0 Å². The van der Waals surface area contributed by atoms with Crippen LogP contribution in [0.25, 0.3) is 0 Å². The van der Waals surface area contributed by atoms with E-state index in [1.165, 1.54) is 22.3 Å². The number of rotatable bonds is 6. The number of nitrogens with one attached hydrogen (secondary N) is 1. The summed E-state index contributed by atoms with van der Waals surface area (Å²) < 4.78 is 0. The van der Waals surface area contributed by atoms with Crippen molar-refractivity contribution in [1.29, 1.82) is 0 Å². The lowest BCUT2D eigenvalue weighted by Gasteiger charge is -2.30. The lowest BCUT2D eigenvalue weighted by atomic mass is 9.79. The molecular weight excluding hydrogens is 220 g/mol. The average Bonchev–Trinajstić information content (AvgIpc) is 2.22. The second-order valence-electron chi connectivity index (χ2n) is 5.98. The summed E-state index contributed by atoms with van der Waals surface area (Å²) in [5, 5.41) is 3.51. The van der Waals surface area contributed by atoms with E-state index < -0.39 is 0 Å². The molecule has 102 valence electrons. The molecule has 0 aliphatic heterocycles. The smallest absolute Gasteiger partial charge is 0.00433 e. The predicted octanol–water partition coefficient (Wildman–Crippen LogP) is 2.83. The standard InChI is InChI=1S/C16H28N2/c1-12-9-13(2)15(14(3)10-12)16(4,5)11-18-8-6-7-17/h9-10,18H,6-8,11,17H2,1-5H3. The first-order valence-electron chi connectivity index (χ1n) is 6.87. The molecule has 0 saturated carbocycles. The molecule has 0 saturated heterocycles. The fraction of sp³-hybridized carbons (Fsp3) is 0.625. The Morgan fingerprint density at radius 2 is 1.67 bits per heavy atom. The summed E-state index contributed by atoms with van der Waals surface area (Å²) in [7, 11) is 0. The van der Waals surface area contributed by atoms with Gasteiger partial charge in [-0.15, -0.1) is 0 Å². The summed E-state index contributed by atoms with van der Waals surface area (Å²) in [4.78, 5) is 0. The summed E-state index contributed by atoms with van der Waals surface area (Å²) in [5.41, 5.74) is 11.3. The molecule has 0 amide bonds. The van der Waals surface area contributed by atoms with E-state index in [-0.39, 0.29) is 5.41 Å². The molecule has 18 heavy (non-hydrogen) atoms. The highest BCUT2D eigenvalue weighted by molar-refractivity contribution is 5.42. The predicted molar refractivity (Wildman–Crippen MR) is 80.2 cm³/mol. The summed E-state index contributed by atoms with van der Waals surface area (Å²) >= 11 is 0. The van der Waals surface area contributed by atoms with E-state index in [0.29, 0.717) is 0 Å². The summed E-state index contributed by atoms with van der Waals surface area (Å²) in [6, 6.07) is 4.56. The highest BCUT2D eigenvalue weighted by atomic mass is 14.9. The van der Waals surface area contributed by atoms with Gasteiger partial charge < -0.3 is 11.1 Å². The summed E-state index contributed by atoms with van der Waals surface area (Å²) in [6.45, 7) is 14.0. The van der Waals surface area contributed by atoms with Crippen LogP contribution in [0.15, 0.2) is 12.1 Å². The zero-order valence-electron chi connectivity index (χ0n) is 12.6. The van der Waals surface area contributed by atoms with Gasteiger partial charge in [0.1, 0.15) is 0 Å². The molecule has 2 heteroatoms. The van der Waals surface area contributed by atoms with Crippen molar-refractivity contribution in [3.05, 3.63) is 34.4 Å². The average molecular weight is 248 g/mol. The molecule has 2 nitrogen and oxygen atoms in total. The normalized spacial score (nSPS) is 11.9. The van der Waals surface area contributed by atoms with E-state index in [0.717, 1.165) is 26.1 Å². The second-order valence-corrected chi connectivity index (χ2v) is 5.98. The van der Waals surface area contributed by atoms with E-state index in [4.69, 9.17) is 5.73 Å². The van der Waals surface area contributed by atoms with Crippen LogP contribution in [-0.2, 0) is 5.41 Å². The monoisotopic (exact) mass is 248 g/mol. The van der Waals surface area contributed by atoms with Crippen molar-refractivity contribution >= 4 is 0 Å². The molecule has 0 unspecified atom stereocenters. The number of hydrogen-bond donors (Lipinski definition) is 2. The molecule has 0 radical (unpaired) electrons. The molecular formula is C16H28N2. The van der Waals surface area contributed by atoms with Crippen molar-refractivity contribution in [2.45, 2.75) is 46.5 Å². The zero-order valence-corrected chi connectivity index (χ0v) is 12.6. The summed E-state index contributed by atoms with van der Waals surface area (Å²) in [6.07, 6.45) is 1.04. The molecule has 1 rings (SSSR count). The van der Waals surface area contributed by atoms with Crippen LogP contribution in [0.4, 0.5) is 0 Å². The number of nitrogens with two attached hydrogens (primary N) is 1. The van der Waals surface area contributed by atoms with Crippen LogP contribution in [-0.4, -0.2) is 19.6 Å². The number of benzene rings is 1. The Labute approximate surface area is 112 Å². The molecule has 0 aliphatic carbocycles. The van der Waals surface area contributed by atoms with Crippen molar-refractivity contribution < 1.29 is 0 Å². The van der Waals surface area contributed by atoms with Crippen LogP contribution in [0.1, 0.15) is 42.5 Å². The third-order valence-electron chi connectivity index (χ3n) is 3.48. The van der Waals surface area contributed by atoms with Gasteiger partial charge in [-0.2, -0.15) is 0 Å². The molecule has 0 bridgehead atoms. The van der Waals surface area contributed by atoms with Crippen molar-refractivity contribution in [2.24, 2.45) is 5.73 Å². The Kier molecular flexibility index (Phi) is 5.36. The molecule has 0 heterocycles. The largest absolute Gasteiger partial charge is 0.330 e. The van der Waals surface area contributed by atoms with Crippen LogP contribution < -0.4 is 11.1 Å². The Morgan fingerprint density at radius 3 is 2.17 bits per heavy atom. The first-order valence-corrected chi connectivity index (χ1v) is 6.87. The number of aryl methyl sites for hydroxylation is 3. The van der Waals surface area contributed by atoms with Gasteiger partial charge in [0.15, 0.2) is 0 Å². The molecule has 3 N–H and O–H groups in total. The van der Waals surface area contributed by atoms with Gasteiger partial charge >= 0.3 is 0 Å². The Balaban J connectivity index is 2.84. The van der Waals surface area contributed by atoms with Crippen LogP contribution in [0, 0.1) is 20.8 Å². The second kappa shape index (κ2) is 6.35. The van der Waals surface area contributed by atoms with Crippen LogP contribution in [0.5, 0.6) is 0 Å². The van der Waals surface area contributed by atoms with E-state index in [1.807, 2.05) is 0 Å². The van der Waals surface area contributed by atoms with Gasteiger partial charge in [-0.3, -0.25) is 0 Å². The third kappa shape index (κ3) is 3.82. The van der Waals surface area contributed by atoms with Gasteiger partial charge in [-0.25, -0.2) is 0 Å². The molecule has 0 spiro atoms. The zero-order chi connectivity index (χ0) is 13.8. The molecule has 0 atom stereocenters. The van der Waals surface area contributed by atoms with Crippen molar-refractivity contribution in [2.75, 3.05) is 19.6 Å². The SMILES string of the molecule is Cc1cc(C)c(C(C)(C)CNCCCN)c(C)c1. The molecule has 0 fully saturated rings. The molecule has 1 aromatic rings. The van der Waals surface area contributed by atoms with Crippen molar-refractivity contribution in [1.82, 2.24) is 5.32 Å². The van der Waals surface area contributed by atoms with Gasteiger partial charge in [0.2, 0.25) is 0 Å². The maximum absolute atomic E-state index is 5.51. The highest BCUT2D eigenvalue weighted by Gasteiger charge is 2.24. The first kappa shape index (κ1) is 15.2. The number of hydrogen-bond acceptors (Lipinski definition) is 2. The minimum atomic E-state index is 0.163. The van der Waals surface area contributed by atoms with E-state index in [9.17, 15) is 0 Å². The molecule has 0 aromatic heterocycles. The maximum Gasteiger partial charge on any atom is 0.00433 e. The highest BCUT2D eigenvalue weighted by Crippen LogP contribution is 2.29. The van der Waals surface area contributed by atoms with Gasteiger partial charge in [0.25, 0.3) is 0 Å². The quantitative estimate of drug-likeness (QED) is 0.760.